The van der Waals surface area contributed by atoms with Crippen LogP contribution < -0.4 is 29.6 Å². The SMILES string of the molecule is O=C(c1ccccc1)c1ccc(COCCN(CCOCc2ccc(C(=O)c3ccccc3)cc2)CCS(=O)(=O)[O-])cc1.[Na+]. The predicted molar refractivity (Wildman–Crippen MR) is 163 cm³/mol. The van der Waals surface area contributed by atoms with Gasteiger partial charge < -0.3 is 14.0 Å². The second kappa shape index (κ2) is 18.1. The van der Waals surface area contributed by atoms with Gasteiger partial charge in [-0.15, -0.1) is 0 Å². The summed E-state index contributed by atoms with van der Waals surface area (Å²) in [6.45, 7) is 2.20. The van der Waals surface area contributed by atoms with Crippen molar-refractivity contribution >= 4 is 21.7 Å². The molecule has 0 atom stereocenters. The maximum absolute atomic E-state index is 12.6. The van der Waals surface area contributed by atoms with Crippen molar-refractivity contribution in [2.24, 2.45) is 0 Å². The van der Waals surface area contributed by atoms with Crippen LogP contribution in [-0.4, -0.2) is 68.0 Å². The molecule has 0 heterocycles. The molecule has 8 nitrogen and oxygen atoms in total. The summed E-state index contributed by atoms with van der Waals surface area (Å²) in [5.41, 5.74) is 4.25. The minimum atomic E-state index is -4.36. The van der Waals surface area contributed by atoms with E-state index in [0.717, 1.165) is 11.1 Å². The molecule has 0 fully saturated rings. The fourth-order valence-electron chi connectivity index (χ4n) is 4.36. The minimum Gasteiger partial charge on any atom is -0.748 e. The standard InChI is InChI=1S/C34H35NO7S.Na/c36-33(29-7-3-1-4-8-29)31-15-11-27(12-16-31)25-41-22-19-35(21-24-43(38,39)40)20-23-42-26-28-13-17-32(18-14-28)34(37)30-9-5-2-6-10-30;/h1-18H,19-26H2,(H,38,39,40);/q;+1/p-1. The molecule has 44 heavy (non-hydrogen) atoms. The second-order valence-electron chi connectivity index (χ2n) is 9.99. The van der Waals surface area contributed by atoms with E-state index < -0.39 is 15.9 Å². The molecular weight excluding hydrogens is 589 g/mol. The first-order valence-electron chi connectivity index (χ1n) is 14.0. The Morgan fingerprint density at radius 3 is 1.30 bits per heavy atom. The van der Waals surface area contributed by atoms with E-state index in [-0.39, 0.29) is 47.7 Å². The maximum Gasteiger partial charge on any atom is 1.00 e. The fourth-order valence-corrected chi connectivity index (χ4v) is 4.84. The number of ether oxygens (including phenoxy) is 2. The van der Waals surface area contributed by atoms with Crippen molar-refractivity contribution in [3.8, 4) is 0 Å². The van der Waals surface area contributed by atoms with Crippen LogP contribution in [0.15, 0.2) is 109 Å². The van der Waals surface area contributed by atoms with Crippen LogP contribution in [0.5, 0.6) is 0 Å². The zero-order valence-electron chi connectivity index (χ0n) is 24.8. The van der Waals surface area contributed by atoms with Crippen molar-refractivity contribution in [3.05, 3.63) is 143 Å². The first-order valence-corrected chi connectivity index (χ1v) is 15.5. The summed E-state index contributed by atoms with van der Waals surface area (Å²) in [6.07, 6.45) is 0. The van der Waals surface area contributed by atoms with Gasteiger partial charge in [-0.1, -0.05) is 109 Å². The predicted octanol–water partition coefficient (Wildman–Crippen LogP) is 1.73. The summed E-state index contributed by atoms with van der Waals surface area (Å²) in [5, 5.41) is 0. The van der Waals surface area contributed by atoms with E-state index in [1.165, 1.54) is 0 Å². The molecule has 4 rings (SSSR count). The monoisotopic (exact) mass is 623 g/mol. The Bertz CT molecular complexity index is 1460. The molecule has 0 aliphatic rings. The molecule has 0 aliphatic carbocycles. The first-order chi connectivity index (χ1) is 20.8. The summed E-state index contributed by atoms with van der Waals surface area (Å²) in [7, 11) is -4.36. The van der Waals surface area contributed by atoms with Gasteiger partial charge in [0.1, 0.15) is 0 Å². The van der Waals surface area contributed by atoms with Crippen molar-refractivity contribution in [1.82, 2.24) is 4.90 Å². The van der Waals surface area contributed by atoms with Crippen LogP contribution in [0.25, 0.3) is 0 Å². The molecule has 4 aromatic carbocycles. The smallest absolute Gasteiger partial charge is 0.748 e. The van der Waals surface area contributed by atoms with Crippen molar-refractivity contribution < 1.29 is 61.6 Å². The van der Waals surface area contributed by atoms with Crippen molar-refractivity contribution in [2.75, 3.05) is 38.6 Å². The summed E-state index contributed by atoms with van der Waals surface area (Å²) < 4.78 is 45.2. The molecule has 0 aliphatic heterocycles. The van der Waals surface area contributed by atoms with E-state index in [4.69, 9.17) is 9.47 Å². The van der Waals surface area contributed by atoms with E-state index in [9.17, 15) is 22.6 Å². The molecule has 0 saturated heterocycles. The van der Waals surface area contributed by atoms with Gasteiger partial charge in [-0.3, -0.25) is 14.5 Å². The number of carbonyl (C=O) groups is 2. The Morgan fingerprint density at radius 2 is 0.932 bits per heavy atom. The third kappa shape index (κ3) is 11.8. The molecule has 0 N–H and O–H groups in total. The number of hydrogen-bond donors (Lipinski definition) is 0. The molecule has 0 aromatic heterocycles. The van der Waals surface area contributed by atoms with Gasteiger partial charge in [0.15, 0.2) is 11.6 Å². The van der Waals surface area contributed by atoms with Crippen LogP contribution in [0.1, 0.15) is 43.0 Å². The zero-order valence-corrected chi connectivity index (χ0v) is 27.6. The quantitative estimate of drug-likeness (QED) is 0.0757. The van der Waals surface area contributed by atoms with E-state index >= 15 is 0 Å². The minimum absolute atomic E-state index is 0. The molecule has 0 amide bonds. The molecule has 0 radical (unpaired) electrons. The van der Waals surface area contributed by atoms with Crippen LogP contribution in [0, 0.1) is 0 Å². The summed E-state index contributed by atoms with van der Waals surface area (Å²) in [6, 6.07) is 32.6. The van der Waals surface area contributed by atoms with Crippen LogP contribution in [0.3, 0.4) is 0 Å². The summed E-state index contributed by atoms with van der Waals surface area (Å²) in [5.74, 6) is -0.593. The van der Waals surface area contributed by atoms with E-state index in [2.05, 4.69) is 0 Å². The summed E-state index contributed by atoms with van der Waals surface area (Å²) >= 11 is 0. The average Bonchev–Trinajstić information content (AvgIpc) is 3.03. The van der Waals surface area contributed by atoms with Crippen LogP contribution in [0.2, 0.25) is 0 Å². The topological polar surface area (TPSA) is 113 Å². The molecule has 0 unspecified atom stereocenters. The Balaban J connectivity index is 0.00000529. The third-order valence-electron chi connectivity index (χ3n) is 6.80. The van der Waals surface area contributed by atoms with E-state index in [0.29, 0.717) is 61.8 Å². The van der Waals surface area contributed by atoms with Gasteiger partial charge in [-0.05, 0) is 11.1 Å². The number of hydrogen-bond acceptors (Lipinski definition) is 8. The molecule has 10 heteroatoms. The van der Waals surface area contributed by atoms with Gasteiger partial charge in [-0.2, -0.15) is 0 Å². The molecule has 4 aromatic rings. The van der Waals surface area contributed by atoms with Crippen molar-refractivity contribution in [2.45, 2.75) is 13.2 Å². The number of ketones is 2. The molecule has 0 spiro atoms. The maximum atomic E-state index is 12.6. The van der Waals surface area contributed by atoms with Crippen LogP contribution in [0.4, 0.5) is 0 Å². The van der Waals surface area contributed by atoms with Gasteiger partial charge in [0.05, 0.1) is 42.3 Å². The number of benzene rings is 4. The summed E-state index contributed by atoms with van der Waals surface area (Å²) in [4.78, 5) is 27.0. The van der Waals surface area contributed by atoms with Crippen LogP contribution in [-0.2, 0) is 32.8 Å². The van der Waals surface area contributed by atoms with E-state index in [1.807, 2.05) is 65.6 Å². The van der Waals surface area contributed by atoms with E-state index in [1.54, 1.807) is 48.5 Å². The van der Waals surface area contributed by atoms with Gasteiger partial charge in [0, 0.05) is 41.9 Å². The van der Waals surface area contributed by atoms with Crippen molar-refractivity contribution in [3.63, 3.8) is 0 Å². The van der Waals surface area contributed by atoms with Gasteiger partial charge in [0.2, 0.25) is 0 Å². The Kier molecular flexibility index (Phi) is 14.6. The molecule has 0 bridgehead atoms. The Morgan fingerprint density at radius 1 is 0.568 bits per heavy atom. The van der Waals surface area contributed by atoms with Gasteiger partial charge in [0.25, 0.3) is 0 Å². The molecule has 224 valence electrons. The first kappa shape index (κ1) is 35.5. The Labute approximate surface area is 281 Å². The fraction of sp³-hybridized carbons (Fsp3) is 0.235. The molecular formula is C34H34NNaO7S. The average molecular weight is 624 g/mol. The Hall–Kier alpha value is -2.99. The van der Waals surface area contributed by atoms with Crippen molar-refractivity contribution in [1.29, 1.82) is 0 Å². The van der Waals surface area contributed by atoms with Crippen LogP contribution >= 0.6 is 0 Å². The normalized spacial score (nSPS) is 11.2. The number of nitrogens with zero attached hydrogens (tertiary/aromatic N) is 1. The zero-order chi connectivity index (χ0) is 30.5. The third-order valence-corrected chi connectivity index (χ3v) is 7.49. The van der Waals surface area contributed by atoms with Gasteiger partial charge in [-0.25, -0.2) is 8.42 Å². The second-order valence-corrected chi connectivity index (χ2v) is 11.5. The van der Waals surface area contributed by atoms with Gasteiger partial charge >= 0.3 is 29.6 Å². The molecule has 0 saturated carbocycles. The number of carbonyl (C=O) groups excluding carboxylic acids is 2. The number of rotatable bonds is 17. The largest absolute Gasteiger partial charge is 1.00 e.